The minimum absolute atomic E-state index is 0.121. The smallest absolute Gasteiger partial charge is 0.174 e. The Morgan fingerprint density at radius 3 is 1.77 bits per heavy atom. The van der Waals surface area contributed by atoms with Crippen molar-refractivity contribution in [1.82, 2.24) is 0 Å². The lowest BCUT2D eigenvalue weighted by Gasteiger charge is -2.11. The first-order valence-corrected chi connectivity index (χ1v) is 9.62. The second-order valence-electron chi connectivity index (χ2n) is 6.45. The normalized spacial score (nSPS) is 14.3. The average Bonchev–Trinajstić information content (AvgIpc) is 2.79. The van der Waals surface area contributed by atoms with Gasteiger partial charge in [0.1, 0.15) is 47.5 Å². The molecule has 31 heavy (non-hydrogen) atoms. The molecule has 0 saturated carbocycles. The number of benzene rings is 3. The first-order chi connectivity index (χ1) is 15.2. The number of rotatable bonds is 0. The highest BCUT2D eigenvalue weighted by Crippen LogP contribution is 2.44. The summed E-state index contributed by atoms with van der Waals surface area (Å²) in [4.78, 5) is 0. The van der Waals surface area contributed by atoms with Crippen LogP contribution in [-0.2, 0) is 4.74 Å². The second kappa shape index (κ2) is 9.68. The zero-order chi connectivity index (χ0) is 21.5. The molecular formula is C22H20N4O5. The molecule has 0 spiro atoms. The van der Waals surface area contributed by atoms with E-state index in [1.54, 1.807) is 36.4 Å². The van der Waals surface area contributed by atoms with Crippen LogP contribution in [0.4, 0.5) is 22.7 Å². The zero-order valence-corrected chi connectivity index (χ0v) is 16.5. The van der Waals surface area contributed by atoms with Gasteiger partial charge in [-0.25, -0.2) is 0 Å². The molecule has 1 aliphatic heterocycles. The molecule has 158 valence electrons. The van der Waals surface area contributed by atoms with Crippen molar-refractivity contribution in [3.05, 3.63) is 60.7 Å². The van der Waals surface area contributed by atoms with E-state index in [1.807, 2.05) is 12.1 Å². The Balaban J connectivity index is 1.73. The maximum absolute atomic E-state index is 10.6. The lowest BCUT2D eigenvalue weighted by atomic mass is 10.2. The minimum Gasteiger partial charge on any atom is -0.505 e. The maximum atomic E-state index is 10.6. The summed E-state index contributed by atoms with van der Waals surface area (Å²) in [5, 5.41) is 37.1. The highest BCUT2D eigenvalue weighted by molar-refractivity contribution is 5.71. The Hall–Kier alpha value is -3.98. The van der Waals surface area contributed by atoms with Crippen LogP contribution in [0, 0.1) is 0 Å². The van der Waals surface area contributed by atoms with Gasteiger partial charge >= 0.3 is 0 Å². The van der Waals surface area contributed by atoms with Crippen LogP contribution in [0.15, 0.2) is 81.1 Å². The number of para-hydroxylation sites is 2. The van der Waals surface area contributed by atoms with Crippen molar-refractivity contribution in [3.8, 4) is 23.0 Å². The SMILES string of the molecule is Oc1ccc2c(O)c1N=Nc1ccccc1OCCOCCOc1ccccc1N=N2. The van der Waals surface area contributed by atoms with Crippen LogP contribution >= 0.6 is 0 Å². The van der Waals surface area contributed by atoms with Crippen molar-refractivity contribution < 1.29 is 24.4 Å². The van der Waals surface area contributed by atoms with Gasteiger partial charge in [-0.3, -0.25) is 0 Å². The monoisotopic (exact) mass is 420 g/mol. The molecule has 2 N–H and O–H groups in total. The van der Waals surface area contributed by atoms with Gasteiger partial charge in [0.15, 0.2) is 11.4 Å². The van der Waals surface area contributed by atoms with Gasteiger partial charge in [-0.1, -0.05) is 24.3 Å². The highest BCUT2D eigenvalue weighted by atomic mass is 16.5. The molecule has 0 unspecified atom stereocenters. The van der Waals surface area contributed by atoms with Crippen LogP contribution in [0.5, 0.6) is 23.0 Å². The molecule has 9 heteroatoms. The summed E-state index contributed by atoms with van der Waals surface area (Å²) in [5.74, 6) is 0.430. The number of aromatic hydroxyl groups is 2. The largest absolute Gasteiger partial charge is 0.505 e. The average molecular weight is 420 g/mol. The van der Waals surface area contributed by atoms with Gasteiger partial charge in [0.25, 0.3) is 0 Å². The first-order valence-electron chi connectivity index (χ1n) is 9.62. The third kappa shape index (κ3) is 4.96. The molecule has 0 aromatic heterocycles. The zero-order valence-electron chi connectivity index (χ0n) is 16.5. The molecule has 0 atom stereocenters. The standard InChI is InChI=1S/C22H20N4O5/c27-18-10-9-17-22(28)21(18)26-24-16-6-2-4-8-20(16)31-14-12-29-11-13-30-19-7-3-1-5-15(19)23-25-17/h1-10,27-28H,11-14H2. The quantitative estimate of drug-likeness (QED) is 0.482. The topological polar surface area (TPSA) is 118 Å². The van der Waals surface area contributed by atoms with Crippen LogP contribution in [0.1, 0.15) is 0 Å². The van der Waals surface area contributed by atoms with Crippen molar-refractivity contribution in [2.24, 2.45) is 20.5 Å². The van der Waals surface area contributed by atoms with Gasteiger partial charge < -0.3 is 24.4 Å². The molecule has 4 rings (SSSR count). The Morgan fingerprint density at radius 1 is 0.581 bits per heavy atom. The fourth-order valence-electron chi connectivity index (χ4n) is 2.80. The van der Waals surface area contributed by atoms with Crippen molar-refractivity contribution in [2.45, 2.75) is 0 Å². The van der Waals surface area contributed by atoms with Crippen molar-refractivity contribution in [2.75, 3.05) is 26.4 Å². The Labute approximate surface area is 178 Å². The molecular weight excluding hydrogens is 400 g/mol. The van der Waals surface area contributed by atoms with Crippen LogP contribution in [0.2, 0.25) is 0 Å². The molecule has 1 heterocycles. The van der Waals surface area contributed by atoms with Gasteiger partial charge in [0.05, 0.1) is 13.2 Å². The van der Waals surface area contributed by atoms with E-state index in [0.717, 1.165) is 0 Å². The third-order valence-corrected chi connectivity index (χ3v) is 4.33. The molecule has 9 nitrogen and oxygen atoms in total. The van der Waals surface area contributed by atoms with E-state index < -0.39 is 0 Å². The van der Waals surface area contributed by atoms with Gasteiger partial charge in [-0.15, -0.1) is 20.5 Å². The fraction of sp³-hybridized carbons (Fsp3) is 0.182. The van der Waals surface area contributed by atoms with Gasteiger partial charge in [0.2, 0.25) is 0 Å². The second-order valence-corrected chi connectivity index (χ2v) is 6.45. The number of nitrogens with zero attached hydrogens (tertiary/aromatic N) is 4. The van der Waals surface area contributed by atoms with E-state index in [2.05, 4.69) is 20.5 Å². The molecule has 1 aliphatic rings. The van der Waals surface area contributed by atoms with E-state index in [0.29, 0.717) is 49.3 Å². The van der Waals surface area contributed by atoms with E-state index >= 15 is 0 Å². The Morgan fingerprint density at radius 2 is 1.13 bits per heavy atom. The Bertz CT molecular complexity index is 1120. The van der Waals surface area contributed by atoms with E-state index in [1.165, 1.54) is 12.1 Å². The molecule has 0 fully saturated rings. The predicted molar refractivity (Wildman–Crippen MR) is 113 cm³/mol. The Kier molecular flexibility index (Phi) is 6.34. The number of hydrogen-bond donors (Lipinski definition) is 2. The summed E-state index contributed by atoms with van der Waals surface area (Å²) in [6.07, 6.45) is 0. The summed E-state index contributed by atoms with van der Waals surface area (Å²) in [7, 11) is 0. The summed E-state index contributed by atoms with van der Waals surface area (Å²) in [6.45, 7) is 1.37. The number of azo groups is 2. The van der Waals surface area contributed by atoms with E-state index in [4.69, 9.17) is 14.2 Å². The van der Waals surface area contributed by atoms with Crippen molar-refractivity contribution in [1.29, 1.82) is 0 Å². The van der Waals surface area contributed by atoms with Crippen LogP contribution in [0.3, 0.4) is 0 Å². The lowest BCUT2D eigenvalue weighted by Crippen LogP contribution is -2.12. The third-order valence-electron chi connectivity index (χ3n) is 4.33. The van der Waals surface area contributed by atoms with Gasteiger partial charge in [-0.05, 0) is 36.4 Å². The maximum Gasteiger partial charge on any atom is 0.174 e. The van der Waals surface area contributed by atoms with Crippen LogP contribution in [0.25, 0.3) is 0 Å². The van der Waals surface area contributed by atoms with Crippen molar-refractivity contribution in [3.63, 3.8) is 0 Å². The van der Waals surface area contributed by atoms with Gasteiger partial charge in [0, 0.05) is 0 Å². The number of fused-ring (bicyclic) bond motifs is 4. The summed E-state index contributed by atoms with van der Waals surface area (Å²) < 4.78 is 17.0. The number of ether oxygens (including phenoxy) is 3. The molecule has 0 amide bonds. The number of phenols is 2. The van der Waals surface area contributed by atoms with Crippen LogP contribution in [-0.4, -0.2) is 36.6 Å². The van der Waals surface area contributed by atoms with Crippen molar-refractivity contribution >= 4 is 22.7 Å². The number of phenolic OH excluding ortho intramolecular Hbond substituents is 2. The summed E-state index contributed by atoms with van der Waals surface area (Å²) in [6, 6.07) is 17.0. The first kappa shape index (κ1) is 20.3. The minimum atomic E-state index is -0.348. The highest BCUT2D eigenvalue weighted by Gasteiger charge is 2.13. The predicted octanol–water partition coefficient (Wildman–Crippen LogP) is 5.72. The molecule has 0 saturated heterocycles. The van der Waals surface area contributed by atoms with E-state index in [9.17, 15) is 10.2 Å². The molecule has 0 radical (unpaired) electrons. The molecule has 0 aliphatic carbocycles. The van der Waals surface area contributed by atoms with E-state index in [-0.39, 0.29) is 22.9 Å². The molecule has 3 aromatic carbocycles. The molecule has 2 bridgehead atoms. The van der Waals surface area contributed by atoms with Crippen LogP contribution < -0.4 is 9.47 Å². The summed E-state index contributed by atoms with van der Waals surface area (Å²) in [5.41, 5.74) is 0.916. The number of hydrogen-bond acceptors (Lipinski definition) is 9. The lowest BCUT2D eigenvalue weighted by molar-refractivity contribution is 0.0767. The summed E-state index contributed by atoms with van der Waals surface area (Å²) >= 11 is 0. The molecule has 3 aromatic rings. The van der Waals surface area contributed by atoms with Gasteiger partial charge in [-0.2, -0.15) is 0 Å². The fourth-order valence-corrected chi connectivity index (χ4v) is 2.80.